The minimum atomic E-state index is 0.265. The van der Waals surface area contributed by atoms with E-state index >= 15 is 0 Å². The molecule has 8 aromatic carbocycles. The van der Waals surface area contributed by atoms with Gasteiger partial charge in [-0.05, 0) is 94.6 Å². The summed E-state index contributed by atoms with van der Waals surface area (Å²) in [6.07, 6.45) is 3.82. The molecule has 278 valence electrons. The van der Waals surface area contributed by atoms with Crippen molar-refractivity contribution in [1.82, 2.24) is 4.57 Å². The van der Waals surface area contributed by atoms with Crippen molar-refractivity contribution in [1.29, 1.82) is 5.41 Å². The van der Waals surface area contributed by atoms with Crippen LogP contribution in [-0.2, 0) is 0 Å². The van der Waals surface area contributed by atoms with Crippen molar-refractivity contribution in [3.05, 3.63) is 217 Å². The molecule has 1 atom stereocenters. The molecule has 0 amide bonds. The third-order valence-electron chi connectivity index (χ3n) is 11.1. The highest BCUT2D eigenvalue weighted by molar-refractivity contribution is 6.67. The van der Waals surface area contributed by atoms with Gasteiger partial charge < -0.3 is 4.57 Å². The average Bonchev–Trinajstić information content (AvgIpc) is 3.62. The van der Waals surface area contributed by atoms with Gasteiger partial charge in [-0.1, -0.05) is 175 Å². The van der Waals surface area contributed by atoms with E-state index < -0.39 is 0 Å². The van der Waals surface area contributed by atoms with Crippen LogP contribution in [0.4, 0.5) is 5.69 Å². The van der Waals surface area contributed by atoms with Crippen molar-refractivity contribution in [2.24, 2.45) is 4.99 Å². The van der Waals surface area contributed by atoms with Gasteiger partial charge in [-0.15, -0.1) is 0 Å². The van der Waals surface area contributed by atoms with Crippen LogP contribution in [0.2, 0.25) is 0 Å². The van der Waals surface area contributed by atoms with Gasteiger partial charge in [0.2, 0.25) is 0 Å². The molecule has 0 saturated heterocycles. The van der Waals surface area contributed by atoms with Gasteiger partial charge in [-0.3, -0.25) is 10.4 Å². The quantitative estimate of drug-likeness (QED) is 0.0952. The lowest BCUT2D eigenvalue weighted by Gasteiger charge is -2.20. The first kappa shape index (κ1) is 36.7. The van der Waals surface area contributed by atoms with Gasteiger partial charge in [0.1, 0.15) is 9.52 Å². The number of hydrogen-bond acceptors (Lipinski definition) is 2. The maximum Gasteiger partial charge on any atom is 0.121 e. The highest BCUT2D eigenvalue weighted by Crippen LogP contribution is 2.39. The van der Waals surface area contributed by atoms with Crippen LogP contribution in [0.15, 0.2) is 205 Å². The van der Waals surface area contributed by atoms with E-state index in [2.05, 4.69) is 181 Å². The van der Waals surface area contributed by atoms with Crippen molar-refractivity contribution in [3.63, 3.8) is 0 Å². The number of para-hydroxylation sites is 3. The van der Waals surface area contributed by atoms with E-state index in [1.54, 1.807) is 0 Å². The second-order valence-corrected chi connectivity index (χ2v) is 16.1. The standard InChI is InChI=1S/C54H43N3Si/c1-2-38(33-34-56-51-27-14-12-26-48(51)54(55)42-19-16-24-45(35-42)58-44-22-10-5-11-23-44)46-31-29-40(36-49(46)39-17-6-3-7-18-39)41-30-32-53-50(37-41)47-25-13-15-28-52(47)57(53)43-20-8-4-9-21-43/h3-32,34-38,55H,2,33H2,1H3. The molecule has 9 aromatic rings. The van der Waals surface area contributed by atoms with Crippen LogP contribution < -0.4 is 10.4 Å². The summed E-state index contributed by atoms with van der Waals surface area (Å²) >= 11 is 0. The van der Waals surface area contributed by atoms with Crippen LogP contribution in [0.5, 0.6) is 0 Å². The van der Waals surface area contributed by atoms with Crippen LogP contribution in [0.3, 0.4) is 0 Å². The number of benzene rings is 8. The van der Waals surface area contributed by atoms with E-state index in [4.69, 9.17) is 4.99 Å². The second kappa shape index (κ2) is 16.7. The summed E-state index contributed by atoms with van der Waals surface area (Å²) in [4.78, 5) is 5.04. The van der Waals surface area contributed by atoms with Crippen LogP contribution in [-0.4, -0.2) is 26.0 Å². The zero-order chi connectivity index (χ0) is 39.3. The fourth-order valence-corrected chi connectivity index (χ4v) is 9.25. The largest absolute Gasteiger partial charge is 0.309 e. The van der Waals surface area contributed by atoms with Gasteiger partial charge >= 0.3 is 0 Å². The lowest BCUT2D eigenvalue weighted by atomic mass is 9.85. The molecule has 0 aliphatic heterocycles. The third-order valence-corrected chi connectivity index (χ3v) is 12.3. The molecule has 0 bridgehead atoms. The number of aromatic nitrogens is 1. The monoisotopic (exact) mass is 761 g/mol. The molecule has 1 heterocycles. The van der Waals surface area contributed by atoms with Crippen molar-refractivity contribution in [3.8, 4) is 27.9 Å². The Morgan fingerprint density at radius 3 is 2.05 bits per heavy atom. The number of nitrogens with one attached hydrogen (secondary N) is 1. The summed E-state index contributed by atoms with van der Waals surface area (Å²) in [5, 5.41) is 14.3. The first-order valence-electron chi connectivity index (χ1n) is 20.1. The molecule has 0 spiro atoms. The highest BCUT2D eigenvalue weighted by Gasteiger charge is 2.18. The number of aliphatic imine (C=N–C) groups is 1. The van der Waals surface area contributed by atoms with Crippen molar-refractivity contribution >= 4 is 59.3 Å². The Hall–Kier alpha value is -6.88. The lowest BCUT2D eigenvalue weighted by molar-refractivity contribution is 0.698. The predicted molar refractivity (Wildman–Crippen MR) is 248 cm³/mol. The van der Waals surface area contributed by atoms with Gasteiger partial charge in [0.15, 0.2) is 0 Å². The lowest BCUT2D eigenvalue weighted by Crippen LogP contribution is -2.27. The smallest absolute Gasteiger partial charge is 0.121 e. The molecule has 1 unspecified atom stereocenters. The third kappa shape index (κ3) is 7.50. The molecular formula is C54H43N3Si. The Labute approximate surface area is 343 Å². The molecule has 0 aliphatic rings. The summed E-state index contributed by atoms with van der Waals surface area (Å²) < 4.78 is 2.37. The average molecular weight is 762 g/mol. The van der Waals surface area contributed by atoms with E-state index in [1.807, 2.05) is 36.4 Å². The minimum Gasteiger partial charge on any atom is -0.309 e. The summed E-state index contributed by atoms with van der Waals surface area (Å²) in [6, 6.07) is 71.0. The van der Waals surface area contributed by atoms with E-state index in [9.17, 15) is 5.41 Å². The summed E-state index contributed by atoms with van der Waals surface area (Å²) in [6.45, 7) is 2.27. The van der Waals surface area contributed by atoms with Gasteiger partial charge in [0, 0.05) is 28.2 Å². The number of fused-ring (bicyclic) bond motifs is 3. The summed E-state index contributed by atoms with van der Waals surface area (Å²) in [7, 11) is 0.544. The molecule has 2 radical (unpaired) electrons. The Morgan fingerprint density at radius 1 is 0.586 bits per heavy atom. The van der Waals surface area contributed by atoms with Crippen LogP contribution >= 0.6 is 0 Å². The maximum atomic E-state index is 9.25. The number of nitrogens with zero attached hydrogens (tertiary/aromatic N) is 2. The zero-order valence-electron chi connectivity index (χ0n) is 32.5. The molecule has 1 N–H and O–H groups in total. The summed E-state index contributed by atoms with van der Waals surface area (Å²) in [5.74, 6) is 0.265. The van der Waals surface area contributed by atoms with Gasteiger partial charge in [0.05, 0.1) is 22.4 Å². The molecule has 1 aromatic heterocycles. The van der Waals surface area contributed by atoms with Crippen LogP contribution in [0.1, 0.15) is 42.4 Å². The Morgan fingerprint density at radius 2 is 1.24 bits per heavy atom. The number of rotatable bonds is 12. The van der Waals surface area contributed by atoms with Crippen LogP contribution in [0.25, 0.3) is 49.7 Å². The van der Waals surface area contributed by atoms with Gasteiger partial charge in [0.25, 0.3) is 0 Å². The van der Waals surface area contributed by atoms with Crippen LogP contribution in [0, 0.1) is 5.41 Å². The van der Waals surface area contributed by atoms with E-state index in [1.165, 1.54) is 60.0 Å². The van der Waals surface area contributed by atoms with Crippen molar-refractivity contribution in [2.75, 3.05) is 0 Å². The van der Waals surface area contributed by atoms with Gasteiger partial charge in [-0.2, -0.15) is 0 Å². The molecule has 4 heteroatoms. The van der Waals surface area contributed by atoms with E-state index in [-0.39, 0.29) is 5.92 Å². The molecule has 0 saturated carbocycles. The zero-order valence-corrected chi connectivity index (χ0v) is 33.5. The minimum absolute atomic E-state index is 0.265. The topological polar surface area (TPSA) is 41.1 Å². The van der Waals surface area contributed by atoms with Crippen molar-refractivity contribution < 1.29 is 0 Å². The normalized spacial score (nSPS) is 12.0. The highest BCUT2D eigenvalue weighted by atomic mass is 28.2. The number of hydrogen-bond donors (Lipinski definition) is 1. The molecular weight excluding hydrogens is 719 g/mol. The molecule has 0 fully saturated rings. The summed E-state index contributed by atoms with van der Waals surface area (Å²) in [5.41, 5.74) is 12.8. The first-order chi connectivity index (χ1) is 28.6. The second-order valence-electron chi connectivity index (χ2n) is 14.7. The van der Waals surface area contributed by atoms with E-state index in [0.717, 1.165) is 35.3 Å². The Bertz CT molecular complexity index is 2890. The molecule has 3 nitrogen and oxygen atoms in total. The molecule has 58 heavy (non-hydrogen) atoms. The molecule has 0 aliphatic carbocycles. The fraction of sp³-hybridized carbons (Fsp3) is 0.0741. The van der Waals surface area contributed by atoms with Gasteiger partial charge in [-0.25, -0.2) is 0 Å². The van der Waals surface area contributed by atoms with E-state index in [0.29, 0.717) is 15.2 Å². The fourth-order valence-electron chi connectivity index (χ4n) is 8.15. The Balaban J connectivity index is 1.02. The first-order valence-corrected chi connectivity index (χ1v) is 21.1. The maximum absolute atomic E-state index is 9.25. The predicted octanol–water partition coefficient (Wildman–Crippen LogP) is 12.5. The Kier molecular flexibility index (Phi) is 10.6. The molecule has 9 rings (SSSR count). The van der Waals surface area contributed by atoms with Crippen molar-refractivity contribution in [2.45, 2.75) is 25.7 Å². The SMILES string of the molecule is CCC(CC=Nc1ccccc1C(=N)c1cccc([Si]c2ccccc2)c1)c1ccc(-c2ccc3c(c2)c2ccccc2n3-c2ccccc2)cc1-c1ccccc1.